The van der Waals surface area contributed by atoms with E-state index in [1.807, 2.05) is 12.3 Å². The molecule has 1 aromatic carbocycles. The Morgan fingerprint density at radius 2 is 2.00 bits per heavy atom. The molecular formula is C15H11FN4OS. The maximum atomic E-state index is 12.9. The molecule has 2 heterocycles. The molecule has 2 aromatic heterocycles. The molecule has 0 spiro atoms. The van der Waals surface area contributed by atoms with Crippen LogP contribution in [0.5, 0.6) is 0 Å². The first-order valence-corrected chi connectivity index (χ1v) is 7.32. The zero-order chi connectivity index (χ0) is 15.5. The third kappa shape index (κ3) is 2.84. The van der Waals surface area contributed by atoms with Crippen LogP contribution in [0, 0.1) is 12.7 Å². The molecule has 0 aliphatic heterocycles. The van der Waals surface area contributed by atoms with Crippen molar-refractivity contribution in [3.63, 3.8) is 0 Å². The second-order valence-corrected chi connectivity index (χ2v) is 5.38. The molecule has 0 atom stereocenters. The first-order valence-electron chi connectivity index (χ1n) is 6.44. The van der Waals surface area contributed by atoms with Gasteiger partial charge in [-0.25, -0.2) is 9.37 Å². The molecule has 0 aliphatic carbocycles. The van der Waals surface area contributed by atoms with Crippen LogP contribution in [0.15, 0.2) is 29.6 Å². The predicted octanol–water partition coefficient (Wildman–Crippen LogP) is 3.15. The first-order chi connectivity index (χ1) is 10.7. The number of rotatable bonds is 4. The standard InChI is InChI=1S/C15H11FN4OS/c1-10-9-22-15(17-10)20-14(13(8-21)18-19-20)7-4-11-2-5-12(16)6-3-11/h2-9H,1H3/b7-4+. The SMILES string of the molecule is Cc1csc(-n2nnc(C=O)c2/C=C/c2ccc(F)cc2)n1. The highest BCUT2D eigenvalue weighted by Gasteiger charge is 2.13. The van der Waals surface area contributed by atoms with E-state index in [4.69, 9.17) is 0 Å². The summed E-state index contributed by atoms with van der Waals surface area (Å²) in [6.07, 6.45) is 4.13. The van der Waals surface area contributed by atoms with Crippen LogP contribution in [-0.4, -0.2) is 26.3 Å². The molecule has 0 saturated heterocycles. The fourth-order valence-electron chi connectivity index (χ4n) is 1.87. The number of hydrogen-bond acceptors (Lipinski definition) is 5. The fraction of sp³-hybridized carbons (Fsp3) is 0.0667. The van der Waals surface area contributed by atoms with E-state index >= 15 is 0 Å². The quantitative estimate of drug-likeness (QED) is 0.694. The molecule has 5 nitrogen and oxygen atoms in total. The highest BCUT2D eigenvalue weighted by molar-refractivity contribution is 7.12. The van der Waals surface area contributed by atoms with E-state index in [1.54, 1.807) is 24.3 Å². The molecule has 0 N–H and O–H groups in total. The van der Waals surface area contributed by atoms with E-state index in [9.17, 15) is 9.18 Å². The summed E-state index contributed by atoms with van der Waals surface area (Å²) in [6.45, 7) is 1.88. The Labute approximate surface area is 129 Å². The molecule has 22 heavy (non-hydrogen) atoms. The summed E-state index contributed by atoms with van der Waals surface area (Å²) in [5, 5.41) is 10.3. The van der Waals surface area contributed by atoms with E-state index in [0.717, 1.165) is 11.3 Å². The lowest BCUT2D eigenvalue weighted by Gasteiger charge is -1.98. The molecule has 110 valence electrons. The van der Waals surface area contributed by atoms with Crippen molar-refractivity contribution in [3.8, 4) is 5.13 Å². The summed E-state index contributed by atoms with van der Waals surface area (Å²) < 4.78 is 14.4. The van der Waals surface area contributed by atoms with Gasteiger partial charge in [-0.2, -0.15) is 4.68 Å². The third-order valence-electron chi connectivity index (χ3n) is 2.94. The van der Waals surface area contributed by atoms with Crippen molar-refractivity contribution in [2.75, 3.05) is 0 Å². The lowest BCUT2D eigenvalue weighted by molar-refractivity contribution is 0.111. The molecular weight excluding hydrogens is 303 g/mol. The van der Waals surface area contributed by atoms with Gasteiger partial charge in [0.15, 0.2) is 12.0 Å². The molecule has 3 aromatic rings. The van der Waals surface area contributed by atoms with Crippen LogP contribution in [0.3, 0.4) is 0 Å². The van der Waals surface area contributed by atoms with E-state index in [2.05, 4.69) is 15.3 Å². The largest absolute Gasteiger partial charge is 0.296 e. The van der Waals surface area contributed by atoms with Crippen LogP contribution in [0.4, 0.5) is 4.39 Å². The van der Waals surface area contributed by atoms with Crippen LogP contribution >= 0.6 is 11.3 Å². The summed E-state index contributed by atoms with van der Waals surface area (Å²) in [7, 11) is 0. The lowest BCUT2D eigenvalue weighted by atomic mass is 10.2. The Hall–Kier alpha value is -2.67. The van der Waals surface area contributed by atoms with Gasteiger partial charge in [-0.1, -0.05) is 23.4 Å². The van der Waals surface area contributed by atoms with Gasteiger partial charge in [0.1, 0.15) is 11.5 Å². The number of thiazole rings is 1. The number of nitrogens with zero attached hydrogens (tertiary/aromatic N) is 4. The number of halogens is 1. The average molecular weight is 314 g/mol. The molecule has 0 radical (unpaired) electrons. The van der Waals surface area contributed by atoms with Crippen LogP contribution in [0.2, 0.25) is 0 Å². The van der Waals surface area contributed by atoms with E-state index in [-0.39, 0.29) is 11.5 Å². The Kier molecular flexibility index (Phi) is 3.88. The van der Waals surface area contributed by atoms with Crippen LogP contribution in [-0.2, 0) is 0 Å². The van der Waals surface area contributed by atoms with Gasteiger partial charge < -0.3 is 0 Å². The number of aldehydes is 1. The minimum absolute atomic E-state index is 0.228. The monoisotopic (exact) mass is 314 g/mol. The minimum Gasteiger partial charge on any atom is -0.296 e. The summed E-state index contributed by atoms with van der Waals surface area (Å²) in [6, 6.07) is 6.04. The lowest BCUT2D eigenvalue weighted by Crippen LogP contribution is -1.99. The smallest absolute Gasteiger partial charge is 0.212 e. The van der Waals surface area contributed by atoms with Crippen molar-refractivity contribution in [3.05, 3.63) is 58.1 Å². The van der Waals surface area contributed by atoms with E-state index in [0.29, 0.717) is 17.1 Å². The van der Waals surface area contributed by atoms with Gasteiger partial charge in [-0.15, -0.1) is 16.4 Å². The van der Waals surface area contributed by atoms with Crippen molar-refractivity contribution in [2.45, 2.75) is 6.92 Å². The zero-order valence-electron chi connectivity index (χ0n) is 11.6. The van der Waals surface area contributed by atoms with E-state index < -0.39 is 0 Å². The Bertz CT molecular complexity index is 836. The average Bonchev–Trinajstić information content (AvgIpc) is 3.12. The van der Waals surface area contributed by atoms with Crippen molar-refractivity contribution in [1.29, 1.82) is 0 Å². The Morgan fingerprint density at radius 1 is 1.23 bits per heavy atom. The maximum absolute atomic E-state index is 12.9. The number of benzene rings is 1. The van der Waals surface area contributed by atoms with Crippen LogP contribution in [0.1, 0.15) is 27.4 Å². The number of hydrogen-bond donors (Lipinski definition) is 0. The Balaban J connectivity index is 2.00. The molecule has 0 saturated carbocycles. The molecule has 0 bridgehead atoms. The van der Waals surface area contributed by atoms with Crippen molar-refractivity contribution in [1.82, 2.24) is 20.0 Å². The minimum atomic E-state index is -0.296. The molecule has 3 rings (SSSR count). The van der Waals surface area contributed by atoms with Gasteiger partial charge in [-0.3, -0.25) is 4.79 Å². The van der Waals surface area contributed by atoms with Gasteiger partial charge in [0.25, 0.3) is 0 Å². The topological polar surface area (TPSA) is 60.7 Å². The summed E-state index contributed by atoms with van der Waals surface area (Å²) in [4.78, 5) is 15.5. The van der Waals surface area contributed by atoms with Crippen molar-refractivity contribution in [2.24, 2.45) is 0 Å². The van der Waals surface area contributed by atoms with Crippen molar-refractivity contribution < 1.29 is 9.18 Å². The highest BCUT2D eigenvalue weighted by atomic mass is 32.1. The normalized spacial score (nSPS) is 11.2. The molecule has 0 fully saturated rings. The number of carbonyl (C=O) groups excluding carboxylic acids is 1. The van der Waals surface area contributed by atoms with Crippen LogP contribution < -0.4 is 0 Å². The maximum Gasteiger partial charge on any atom is 0.212 e. The Morgan fingerprint density at radius 3 is 2.64 bits per heavy atom. The van der Waals surface area contributed by atoms with Gasteiger partial charge in [0.2, 0.25) is 5.13 Å². The van der Waals surface area contributed by atoms with E-state index in [1.165, 1.54) is 28.2 Å². The summed E-state index contributed by atoms with van der Waals surface area (Å²) in [5.41, 5.74) is 2.44. The first kappa shape index (κ1) is 14.3. The second kappa shape index (κ2) is 5.98. The van der Waals surface area contributed by atoms with Crippen molar-refractivity contribution >= 4 is 29.8 Å². The fourth-order valence-corrected chi connectivity index (χ4v) is 2.63. The number of carbonyl (C=O) groups is 1. The highest BCUT2D eigenvalue weighted by Crippen LogP contribution is 2.18. The predicted molar refractivity (Wildman–Crippen MR) is 82.5 cm³/mol. The second-order valence-electron chi connectivity index (χ2n) is 4.55. The molecule has 0 amide bonds. The molecule has 0 aliphatic rings. The summed E-state index contributed by atoms with van der Waals surface area (Å²) in [5.74, 6) is -0.296. The molecule has 7 heteroatoms. The third-order valence-corrected chi connectivity index (χ3v) is 3.87. The summed E-state index contributed by atoms with van der Waals surface area (Å²) >= 11 is 1.41. The van der Waals surface area contributed by atoms with Gasteiger partial charge in [0.05, 0.1) is 5.69 Å². The number of aryl methyl sites for hydroxylation is 1. The van der Waals surface area contributed by atoms with Crippen LogP contribution in [0.25, 0.3) is 17.3 Å². The van der Waals surface area contributed by atoms with Gasteiger partial charge >= 0.3 is 0 Å². The zero-order valence-corrected chi connectivity index (χ0v) is 12.4. The molecule has 0 unspecified atom stereocenters. The van der Waals surface area contributed by atoms with Gasteiger partial charge in [0, 0.05) is 5.38 Å². The van der Waals surface area contributed by atoms with Gasteiger partial charge in [-0.05, 0) is 30.7 Å². The number of aromatic nitrogens is 4.